The van der Waals surface area contributed by atoms with Crippen molar-refractivity contribution in [2.24, 2.45) is 0 Å². The predicted octanol–water partition coefficient (Wildman–Crippen LogP) is 4.69. The first kappa shape index (κ1) is 15.7. The van der Waals surface area contributed by atoms with Crippen LogP contribution in [-0.4, -0.2) is 10.9 Å². The number of benzene rings is 2. The average molecular weight is 317 g/mol. The normalized spacial score (nSPS) is 10.2. The molecule has 1 heterocycles. The summed E-state index contributed by atoms with van der Waals surface area (Å²) in [7, 11) is 0. The molecule has 4 heteroatoms. The minimum atomic E-state index is -0.176. The summed E-state index contributed by atoms with van der Waals surface area (Å²) in [5.74, 6) is -0.176. The Morgan fingerprint density at radius 1 is 0.917 bits per heavy atom. The van der Waals surface area contributed by atoms with Gasteiger partial charge in [0.1, 0.15) is 0 Å². The number of aryl methyl sites for hydroxylation is 2. The largest absolute Gasteiger partial charge is 0.354 e. The van der Waals surface area contributed by atoms with E-state index in [1.807, 2.05) is 62.4 Å². The Bertz CT molecular complexity index is 874. The van der Waals surface area contributed by atoms with Crippen molar-refractivity contribution in [3.8, 4) is 0 Å². The van der Waals surface area contributed by atoms with Gasteiger partial charge in [-0.25, -0.2) is 0 Å². The first-order valence-electron chi connectivity index (χ1n) is 7.77. The average Bonchev–Trinajstić information content (AvgIpc) is 2.57. The summed E-state index contributed by atoms with van der Waals surface area (Å²) in [6.07, 6.45) is 3.27. The fourth-order valence-electron chi connectivity index (χ4n) is 2.43. The van der Waals surface area contributed by atoms with Gasteiger partial charge in [0.05, 0.1) is 17.4 Å². The molecule has 24 heavy (non-hydrogen) atoms. The van der Waals surface area contributed by atoms with Crippen LogP contribution in [0.4, 0.5) is 17.1 Å². The molecule has 4 nitrogen and oxygen atoms in total. The number of nitrogens with zero attached hydrogens (tertiary/aromatic N) is 1. The van der Waals surface area contributed by atoms with Crippen LogP contribution >= 0.6 is 0 Å². The zero-order valence-electron chi connectivity index (χ0n) is 13.7. The van der Waals surface area contributed by atoms with Gasteiger partial charge in [-0.05, 0) is 49.2 Å². The highest BCUT2D eigenvalue weighted by molar-refractivity contribution is 6.05. The highest BCUT2D eigenvalue weighted by Gasteiger charge is 2.09. The van der Waals surface area contributed by atoms with Crippen LogP contribution in [0.3, 0.4) is 0 Å². The number of carbonyl (C=O) groups excluding carboxylic acids is 1. The second kappa shape index (κ2) is 6.96. The molecular formula is C20H19N3O. The van der Waals surface area contributed by atoms with E-state index in [2.05, 4.69) is 15.6 Å². The lowest BCUT2D eigenvalue weighted by Crippen LogP contribution is -2.13. The van der Waals surface area contributed by atoms with Crippen LogP contribution in [0.2, 0.25) is 0 Å². The van der Waals surface area contributed by atoms with E-state index in [0.29, 0.717) is 5.56 Å². The smallest absolute Gasteiger partial charge is 0.257 e. The molecule has 0 aliphatic carbocycles. The van der Waals surface area contributed by atoms with E-state index in [-0.39, 0.29) is 5.91 Å². The number of anilines is 3. The van der Waals surface area contributed by atoms with Gasteiger partial charge in [0.25, 0.3) is 5.91 Å². The Morgan fingerprint density at radius 3 is 2.54 bits per heavy atom. The van der Waals surface area contributed by atoms with E-state index in [4.69, 9.17) is 0 Å². The molecule has 0 aliphatic heterocycles. The molecule has 0 atom stereocenters. The van der Waals surface area contributed by atoms with E-state index in [1.165, 1.54) is 5.56 Å². The maximum atomic E-state index is 12.4. The molecule has 0 bridgehead atoms. The van der Waals surface area contributed by atoms with Gasteiger partial charge in [-0.15, -0.1) is 0 Å². The molecular weight excluding hydrogens is 298 g/mol. The summed E-state index contributed by atoms with van der Waals surface area (Å²) in [5, 5.41) is 6.19. The molecule has 0 fully saturated rings. The number of aromatic nitrogens is 1. The number of hydrogen-bond acceptors (Lipinski definition) is 3. The van der Waals surface area contributed by atoms with Gasteiger partial charge in [-0.1, -0.05) is 30.3 Å². The topological polar surface area (TPSA) is 54.0 Å². The van der Waals surface area contributed by atoms with E-state index in [1.54, 1.807) is 18.5 Å². The second-order valence-corrected chi connectivity index (χ2v) is 5.73. The van der Waals surface area contributed by atoms with Crippen molar-refractivity contribution in [1.29, 1.82) is 0 Å². The fourth-order valence-corrected chi connectivity index (χ4v) is 2.43. The monoisotopic (exact) mass is 317 g/mol. The molecule has 0 aliphatic rings. The van der Waals surface area contributed by atoms with Gasteiger partial charge >= 0.3 is 0 Å². The van der Waals surface area contributed by atoms with Crippen molar-refractivity contribution in [2.45, 2.75) is 13.8 Å². The zero-order chi connectivity index (χ0) is 16.9. The number of hydrogen-bond donors (Lipinski definition) is 2. The van der Waals surface area contributed by atoms with Crippen LogP contribution in [0.5, 0.6) is 0 Å². The number of amides is 1. The Hall–Kier alpha value is -3.14. The van der Waals surface area contributed by atoms with E-state index in [9.17, 15) is 4.79 Å². The molecule has 3 rings (SSSR count). The second-order valence-electron chi connectivity index (χ2n) is 5.73. The highest BCUT2D eigenvalue weighted by atomic mass is 16.1. The first-order valence-corrected chi connectivity index (χ1v) is 7.77. The summed E-state index contributed by atoms with van der Waals surface area (Å²) >= 11 is 0. The number of pyridine rings is 1. The zero-order valence-corrected chi connectivity index (χ0v) is 13.7. The molecule has 0 spiro atoms. The standard InChI is InChI=1S/C20H19N3O/c1-14-6-5-8-17(10-14)22-18-11-16(12-21-13-18)20(24)23-19-9-4-3-7-15(19)2/h3-13,22H,1-2H3,(H,23,24). The number of rotatable bonds is 4. The molecule has 2 N–H and O–H groups in total. The Balaban J connectivity index is 1.77. The molecule has 1 amide bonds. The Kier molecular flexibility index (Phi) is 4.57. The summed E-state index contributed by atoms with van der Waals surface area (Å²) in [6.45, 7) is 4.00. The van der Waals surface area contributed by atoms with Crippen LogP contribution in [0, 0.1) is 13.8 Å². The van der Waals surface area contributed by atoms with Gasteiger partial charge in [0, 0.05) is 17.6 Å². The molecule has 0 saturated carbocycles. The van der Waals surface area contributed by atoms with Crippen LogP contribution in [-0.2, 0) is 0 Å². The van der Waals surface area contributed by atoms with Gasteiger partial charge in [-0.3, -0.25) is 9.78 Å². The third kappa shape index (κ3) is 3.79. The van der Waals surface area contributed by atoms with Crippen LogP contribution < -0.4 is 10.6 Å². The number of para-hydroxylation sites is 1. The SMILES string of the molecule is Cc1cccc(Nc2cncc(C(=O)Nc3ccccc3C)c2)c1. The van der Waals surface area contributed by atoms with Crippen molar-refractivity contribution in [3.05, 3.63) is 83.7 Å². The fraction of sp³-hybridized carbons (Fsp3) is 0.100. The van der Waals surface area contributed by atoms with Crippen molar-refractivity contribution in [3.63, 3.8) is 0 Å². The molecule has 0 saturated heterocycles. The summed E-state index contributed by atoms with van der Waals surface area (Å²) < 4.78 is 0. The minimum absolute atomic E-state index is 0.176. The van der Waals surface area contributed by atoms with Gasteiger partial charge in [0.15, 0.2) is 0 Å². The van der Waals surface area contributed by atoms with Crippen LogP contribution in [0.15, 0.2) is 67.0 Å². The third-order valence-electron chi connectivity index (χ3n) is 3.70. The maximum absolute atomic E-state index is 12.4. The minimum Gasteiger partial charge on any atom is -0.354 e. The number of nitrogens with one attached hydrogen (secondary N) is 2. The molecule has 2 aromatic carbocycles. The molecule has 1 aromatic heterocycles. The highest BCUT2D eigenvalue weighted by Crippen LogP contribution is 2.19. The predicted molar refractivity (Wildman–Crippen MR) is 97.8 cm³/mol. The summed E-state index contributed by atoms with van der Waals surface area (Å²) in [6, 6.07) is 17.5. The van der Waals surface area contributed by atoms with E-state index in [0.717, 1.165) is 22.6 Å². The molecule has 0 radical (unpaired) electrons. The Labute approximate surface area is 141 Å². The van der Waals surface area contributed by atoms with Crippen molar-refractivity contribution in [1.82, 2.24) is 4.98 Å². The van der Waals surface area contributed by atoms with E-state index < -0.39 is 0 Å². The first-order chi connectivity index (χ1) is 11.6. The molecule has 3 aromatic rings. The van der Waals surface area contributed by atoms with E-state index >= 15 is 0 Å². The third-order valence-corrected chi connectivity index (χ3v) is 3.70. The molecule has 0 unspecified atom stereocenters. The van der Waals surface area contributed by atoms with Crippen LogP contribution in [0.25, 0.3) is 0 Å². The quantitative estimate of drug-likeness (QED) is 0.733. The maximum Gasteiger partial charge on any atom is 0.257 e. The van der Waals surface area contributed by atoms with Crippen molar-refractivity contribution < 1.29 is 4.79 Å². The Morgan fingerprint density at radius 2 is 1.75 bits per heavy atom. The summed E-state index contributed by atoms with van der Waals surface area (Å²) in [4.78, 5) is 16.6. The lowest BCUT2D eigenvalue weighted by atomic mass is 10.2. The van der Waals surface area contributed by atoms with Gasteiger partial charge < -0.3 is 10.6 Å². The van der Waals surface area contributed by atoms with Gasteiger partial charge in [0.2, 0.25) is 0 Å². The number of carbonyl (C=O) groups is 1. The lowest BCUT2D eigenvalue weighted by molar-refractivity contribution is 0.102. The van der Waals surface area contributed by atoms with Crippen molar-refractivity contribution in [2.75, 3.05) is 10.6 Å². The van der Waals surface area contributed by atoms with Crippen LogP contribution in [0.1, 0.15) is 21.5 Å². The van der Waals surface area contributed by atoms with Crippen molar-refractivity contribution >= 4 is 23.0 Å². The molecule has 120 valence electrons. The summed E-state index contributed by atoms with van der Waals surface area (Å²) in [5.41, 5.74) is 5.25. The van der Waals surface area contributed by atoms with Gasteiger partial charge in [-0.2, -0.15) is 0 Å². The lowest BCUT2D eigenvalue weighted by Gasteiger charge is -2.10.